The Hall–Kier alpha value is -3.89. The summed E-state index contributed by atoms with van der Waals surface area (Å²) in [6, 6.07) is 17.6. The van der Waals surface area contributed by atoms with E-state index in [4.69, 9.17) is 4.84 Å². The summed E-state index contributed by atoms with van der Waals surface area (Å²) in [6.45, 7) is 0. The number of carbonyl (C=O) groups is 1. The van der Waals surface area contributed by atoms with Crippen molar-refractivity contribution < 1.29 is 32.6 Å². The van der Waals surface area contributed by atoms with E-state index in [1.54, 1.807) is 47.8 Å². The highest BCUT2D eigenvalue weighted by molar-refractivity contribution is 7.13. The first kappa shape index (κ1) is 23.3. The summed E-state index contributed by atoms with van der Waals surface area (Å²) in [5, 5.41) is 12.2. The molecule has 6 nitrogen and oxygen atoms in total. The van der Waals surface area contributed by atoms with Gasteiger partial charge in [-0.15, -0.1) is 24.5 Å². The Morgan fingerprint density at radius 2 is 1.71 bits per heavy atom. The highest BCUT2D eigenvalue weighted by Gasteiger charge is 2.31. The Labute approximate surface area is 196 Å². The van der Waals surface area contributed by atoms with Crippen LogP contribution in [-0.2, 0) is 4.84 Å². The number of hydrogen-bond donors (Lipinski definition) is 2. The zero-order valence-corrected chi connectivity index (χ0v) is 18.4. The van der Waals surface area contributed by atoms with Crippen molar-refractivity contribution in [2.24, 2.45) is 0 Å². The van der Waals surface area contributed by atoms with Crippen LogP contribution >= 0.6 is 11.3 Å². The molecule has 0 amide bonds. The molecule has 34 heavy (non-hydrogen) atoms. The summed E-state index contributed by atoms with van der Waals surface area (Å²) >= 11 is 1.30. The van der Waals surface area contributed by atoms with Gasteiger partial charge in [-0.3, -0.25) is 10.3 Å². The van der Waals surface area contributed by atoms with E-state index in [0.29, 0.717) is 38.6 Å². The summed E-state index contributed by atoms with van der Waals surface area (Å²) in [6.07, 6.45) is -4.76. The minimum atomic E-state index is -4.76. The van der Waals surface area contributed by atoms with Crippen molar-refractivity contribution in [2.45, 2.75) is 6.36 Å². The Balaban J connectivity index is 1.65. The average Bonchev–Trinajstić information content (AvgIpc) is 3.29. The van der Waals surface area contributed by atoms with Gasteiger partial charge < -0.3 is 9.84 Å². The molecule has 4 aromatic rings. The maximum atomic E-state index is 12.4. The smallest absolute Gasteiger partial charge is 0.478 e. The predicted molar refractivity (Wildman–Crippen MR) is 123 cm³/mol. The minimum Gasteiger partial charge on any atom is -0.478 e. The van der Waals surface area contributed by atoms with Gasteiger partial charge in [0.2, 0.25) is 0 Å². The molecular formula is C24H17F3N2O4S. The standard InChI is InChI=1S/C24H17F3N2O4S/c1-32-29-20-5-3-2-4-18(20)17-11-8-15(12-19(17)23(30)31)22-28-21(13-34-22)14-6-9-16(10-7-14)33-24(25,26)27/h2-13,29H,1H3,(H,30,31). The molecule has 0 radical (unpaired) electrons. The number of alkyl halides is 3. The van der Waals surface area contributed by atoms with Crippen molar-refractivity contribution >= 4 is 23.0 Å². The zero-order chi connectivity index (χ0) is 24.3. The first-order valence-electron chi connectivity index (χ1n) is 9.83. The van der Waals surface area contributed by atoms with Crippen LogP contribution < -0.4 is 10.2 Å². The van der Waals surface area contributed by atoms with E-state index in [9.17, 15) is 23.1 Å². The van der Waals surface area contributed by atoms with E-state index in [-0.39, 0.29) is 11.3 Å². The maximum Gasteiger partial charge on any atom is 0.573 e. The molecule has 0 aliphatic rings. The molecule has 1 aromatic heterocycles. The lowest BCUT2D eigenvalue weighted by Gasteiger charge is -2.13. The molecule has 0 aliphatic carbocycles. The zero-order valence-electron chi connectivity index (χ0n) is 17.6. The molecule has 0 aliphatic heterocycles. The van der Waals surface area contributed by atoms with Crippen LogP contribution in [0.2, 0.25) is 0 Å². The molecule has 0 saturated carbocycles. The fourth-order valence-corrected chi connectivity index (χ4v) is 4.20. The van der Waals surface area contributed by atoms with E-state index in [2.05, 4.69) is 15.2 Å². The number of carboxylic acids is 1. The fourth-order valence-electron chi connectivity index (χ4n) is 3.37. The molecule has 2 N–H and O–H groups in total. The Morgan fingerprint density at radius 3 is 2.38 bits per heavy atom. The number of ether oxygens (including phenoxy) is 1. The fraction of sp³-hybridized carbons (Fsp3) is 0.0833. The van der Waals surface area contributed by atoms with E-state index >= 15 is 0 Å². The number of thiazole rings is 1. The van der Waals surface area contributed by atoms with Crippen LogP contribution in [0.1, 0.15) is 10.4 Å². The van der Waals surface area contributed by atoms with Crippen molar-refractivity contribution in [2.75, 3.05) is 12.6 Å². The second kappa shape index (κ2) is 9.54. The highest BCUT2D eigenvalue weighted by Crippen LogP contribution is 2.36. The number of nitrogens with zero attached hydrogens (tertiary/aromatic N) is 1. The molecule has 10 heteroatoms. The molecule has 174 valence electrons. The van der Waals surface area contributed by atoms with Gasteiger partial charge in [-0.05, 0) is 42.0 Å². The van der Waals surface area contributed by atoms with Crippen molar-refractivity contribution in [1.82, 2.24) is 4.98 Å². The molecular weight excluding hydrogens is 469 g/mol. The lowest BCUT2D eigenvalue weighted by molar-refractivity contribution is -0.274. The third-order valence-electron chi connectivity index (χ3n) is 4.81. The van der Waals surface area contributed by atoms with Crippen molar-refractivity contribution in [3.63, 3.8) is 0 Å². The third-order valence-corrected chi connectivity index (χ3v) is 5.71. The van der Waals surface area contributed by atoms with Gasteiger partial charge in [0.15, 0.2) is 0 Å². The second-order valence-corrected chi connectivity index (χ2v) is 7.89. The number of benzene rings is 3. The third kappa shape index (κ3) is 5.19. The van der Waals surface area contributed by atoms with Gasteiger partial charge in [-0.2, -0.15) is 0 Å². The number of hydrogen-bond acceptors (Lipinski definition) is 6. The topological polar surface area (TPSA) is 80.7 Å². The van der Waals surface area contributed by atoms with Crippen LogP contribution in [0.25, 0.3) is 33.0 Å². The Bertz CT molecular complexity index is 1320. The van der Waals surface area contributed by atoms with E-state index < -0.39 is 12.3 Å². The lowest BCUT2D eigenvalue weighted by Crippen LogP contribution is -2.16. The molecule has 0 spiro atoms. The summed E-state index contributed by atoms with van der Waals surface area (Å²) < 4.78 is 41.0. The van der Waals surface area contributed by atoms with Crippen LogP contribution in [0.15, 0.2) is 72.1 Å². The van der Waals surface area contributed by atoms with Gasteiger partial charge >= 0.3 is 12.3 Å². The largest absolute Gasteiger partial charge is 0.573 e. The van der Waals surface area contributed by atoms with Crippen LogP contribution in [0.3, 0.4) is 0 Å². The first-order chi connectivity index (χ1) is 16.2. The van der Waals surface area contributed by atoms with Crippen molar-refractivity contribution in [3.05, 3.63) is 77.7 Å². The van der Waals surface area contributed by atoms with E-state index in [1.165, 1.54) is 42.7 Å². The number of aromatic carboxylic acids is 1. The average molecular weight is 486 g/mol. The monoisotopic (exact) mass is 486 g/mol. The van der Waals surface area contributed by atoms with Crippen LogP contribution in [0.5, 0.6) is 5.75 Å². The lowest BCUT2D eigenvalue weighted by atomic mass is 9.96. The predicted octanol–water partition coefficient (Wildman–Crippen LogP) is 6.71. The number of rotatable bonds is 7. The van der Waals surface area contributed by atoms with Gasteiger partial charge in [-0.25, -0.2) is 9.78 Å². The van der Waals surface area contributed by atoms with E-state index in [0.717, 1.165) is 0 Å². The van der Waals surface area contributed by atoms with Crippen molar-refractivity contribution in [3.8, 4) is 38.7 Å². The van der Waals surface area contributed by atoms with E-state index in [1.807, 2.05) is 0 Å². The molecule has 0 unspecified atom stereocenters. The number of aromatic nitrogens is 1. The normalized spacial score (nSPS) is 11.3. The molecule has 3 aromatic carbocycles. The molecule has 4 rings (SSSR count). The molecule has 1 heterocycles. The molecule has 0 atom stereocenters. The quantitative estimate of drug-likeness (QED) is 0.283. The number of anilines is 1. The number of nitrogens with one attached hydrogen (secondary N) is 1. The first-order valence-corrected chi connectivity index (χ1v) is 10.7. The molecule has 0 bridgehead atoms. The van der Waals surface area contributed by atoms with Crippen LogP contribution in [-0.4, -0.2) is 29.5 Å². The number of carboxylic acid groups (broad SMARTS) is 1. The Kier molecular flexibility index (Phi) is 6.53. The van der Waals surface area contributed by atoms with Gasteiger partial charge in [0.1, 0.15) is 10.8 Å². The van der Waals surface area contributed by atoms with Crippen LogP contribution in [0, 0.1) is 0 Å². The SMILES string of the molecule is CONc1ccccc1-c1ccc(-c2nc(-c3ccc(OC(F)(F)F)cc3)cs2)cc1C(=O)O. The van der Waals surface area contributed by atoms with Gasteiger partial charge in [-0.1, -0.05) is 30.3 Å². The minimum absolute atomic E-state index is 0.0910. The summed E-state index contributed by atoms with van der Waals surface area (Å²) in [5.41, 5.74) is 6.39. The summed E-state index contributed by atoms with van der Waals surface area (Å²) in [5.74, 6) is -1.42. The number of para-hydroxylation sites is 1. The maximum absolute atomic E-state index is 12.4. The van der Waals surface area contributed by atoms with Gasteiger partial charge in [0.05, 0.1) is 24.1 Å². The van der Waals surface area contributed by atoms with Gasteiger partial charge in [0.25, 0.3) is 0 Å². The molecule has 0 saturated heterocycles. The molecule has 0 fully saturated rings. The highest BCUT2D eigenvalue weighted by atomic mass is 32.1. The summed E-state index contributed by atoms with van der Waals surface area (Å²) in [7, 11) is 1.47. The Morgan fingerprint density at radius 1 is 1.00 bits per heavy atom. The van der Waals surface area contributed by atoms with Gasteiger partial charge in [0, 0.05) is 22.1 Å². The number of halogens is 3. The summed E-state index contributed by atoms with van der Waals surface area (Å²) in [4.78, 5) is 21.6. The van der Waals surface area contributed by atoms with Crippen LogP contribution in [0.4, 0.5) is 18.9 Å². The second-order valence-electron chi connectivity index (χ2n) is 7.03. The van der Waals surface area contributed by atoms with Crippen molar-refractivity contribution in [1.29, 1.82) is 0 Å².